The molecule has 47 heavy (non-hydrogen) atoms. The van der Waals surface area contributed by atoms with Crippen molar-refractivity contribution in [3.63, 3.8) is 0 Å². The first-order chi connectivity index (χ1) is 22.1. The van der Waals surface area contributed by atoms with Gasteiger partial charge in [0.05, 0.1) is 12.2 Å². The third-order valence-corrected chi connectivity index (χ3v) is 7.68. The molecule has 5 rings (SSSR count). The second kappa shape index (κ2) is 12.3. The average molecular weight is 667 g/mol. The molecule has 0 bridgehead atoms. The number of nitrogens with one attached hydrogen (secondary N) is 1. The van der Waals surface area contributed by atoms with Crippen molar-refractivity contribution < 1.29 is 54.9 Å². The Hall–Kier alpha value is -4.99. The first-order valence-corrected chi connectivity index (χ1v) is 13.8. The first kappa shape index (κ1) is 33.4. The molecule has 2 aromatic heterocycles. The topological polar surface area (TPSA) is 137 Å². The van der Waals surface area contributed by atoms with Gasteiger partial charge in [-0.15, -0.1) is 0 Å². The minimum atomic E-state index is -5.54. The van der Waals surface area contributed by atoms with Gasteiger partial charge in [0.1, 0.15) is 53.8 Å². The summed E-state index contributed by atoms with van der Waals surface area (Å²) in [5, 5.41) is 13.5. The number of fused-ring (bicyclic) bond motifs is 2. The van der Waals surface area contributed by atoms with Gasteiger partial charge >= 0.3 is 6.18 Å². The Kier molecular flexibility index (Phi) is 8.75. The number of alkyl halides is 6. The number of hydrogen-bond acceptors (Lipinski definition) is 7. The fourth-order valence-electron chi connectivity index (χ4n) is 5.07. The third kappa shape index (κ3) is 6.12. The van der Waals surface area contributed by atoms with Crippen LogP contribution < -0.4 is 20.5 Å². The van der Waals surface area contributed by atoms with E-state index in [9.17, 15) is 45.4 Å². The summed E-state index contributed by atoms with van der Waals surface area (Å²) < 4.78 is 109. The number of halogens is 7. The number of nitrogens with zero attached hydrogens (tertiary/aromatic N) is 2. The molecule has 9 nitrogen and oxygen atoms in total. The van der Waals surface area contributed by atoms with E-state index in [2.05, 4.69) is 9.97 Å². The zero-order valence-corrected chi connectivity index (χ0v) is 24.3. The van der Waals surface area contributed by atoms with E-state index in [1.54, 1.807) is 13.0 Å². The van der Waals surface area contributed by atoms with Gasteiger partial charge in [-0.3, -0.25) is 14.6 Å². The van der Waals surface area contributed by atoms with Crippen LogP contribution in [-0.2, 0) is 15.8 Å². The van der Waals surface area contributed by atoms with Crippen molar-refractivity contribution in [3.8, 4) is 22.8 Å². The van der Waals surface area contributed by atoms with Crippen LogP contribution >= 0.6 is 0 Å². The molecule has 0 saturated heterocycles. The Balaban J connectivity index is 1.58. The molecule has 0 radical (unpaired) electrons. The zero-order chi connectivity index (χ0) is 34.3. The molecular weight excluding hydrogens is 641 g/mol. The van der Waals surface area contributed by atoms with Crippen molar-refractivity contribution in [2.75, 3.05) is 26.4 Å². The van der Waals surface area contributed by atoms with E-state index in [0.29, 0.717) is 11.6 Å². The standard InChI is InChI=1S/C31H25F7N4O5/c1-15-6-17-7-18(8-21(24(17)40-10-15)46-11-23(34)35)27(43)41-13-30(45,31(36,37)38)22-9-20-26(47-14-29(20,12-32)28(39)44)25(42-22)16-2-4-19(33)5-3-16/h2-10,23,45H,11-14H2,1H3,(H2,39,44)(H,41,43)/t29-,30?/m0/s1. The smallest absolute Gasteiger partial charge is 0.424 e. The third-order valence-electron chi connectivity index (χ3n) is 7.68. The van der Waals surface area contributed by atoms with Crippen LogP contribution in [0.15, 0.2) is 54.7 Å². The number of primary amides is 1. The fraction of sp³-hybridized carbons (Fsp3) is 0.290. The highest BCUT2D eigenvalue weighted by atomic mass is 19.4. The summed E-state index contributed by atoms with van der Waals surface area (Å²) in [6, 6.07) is 8.65. The van der Waals surface area contributed by atoms with E-state index in [0.717, 1.165) is 30.3 Å². The molecule has 4 aromatic rings. The molecule has 3 heterocycles. The molecule has 0 fully saturated rings. The molecule has 2 atom stereocenters. The number of rotatable bonds is 10. The van der Waals surface area contributed by atoms with Gasteiger partial charge in [-0.25, -0.2) is 22.5 Å². The summed E-state index contributed by atoms with van der Waals surface area (Å²) in [7, 11) is 0. The summed E-state index contributed by atoms with van der Waals surface area (Å²) in [4.78, 5) is 33.7. The predicted molar refractivity (Wildman–Crippen MR) is 152 cm³/mol. The SMILES string of the molecule is Cc1cnc2c(OCC(F)F)cc(C(=O)NCC(O)(c3cc4c(c(-c5ccc(F)cc5)n3)OC[C@]4(CF)C(N)=O)C(F)(F)F)cc2c1. The van der Waals surface area contributed by atoms with E-state index >= 15 is 0 Å². The van der Waals surface area contributed by atoms with Crippen molar-refractivity contribution in [1.82, 2.24) is 15.3 Å². The number of ether oxygens (including phenoxy) is 2. The lowest BCUT2D eigenvalue weighted by Gasteiger charge is -2.31. The number of aliphatic hydroxyl groups is 1. The van der Waals surface area contributed by atoms with Crippen molar-refractivity contribution in [2.45, 2.75) is 30.5 Å². The van der Waals surface area contributed by atoms with Crippen LogP contribution in [0.2, 0.25) is 0 Å². The second-order valence-corrected chi connectivity index (χ2v) is 10.9. The van der Waals surface area contributed by atoms with Crippen molar-refractivity contribution in [3.05, 3.63) is 82.9 Å². The second-order valence-electron chi connectivity index (χ2n) is 10.9. The molecule has 1 unspecified atom stereocenters. The van der Waals surface area contributed by atoms with Crippen LogP contribution in [0, 0.1) is 12.7 Å². The van der Waals surface area contributed by atoms with Crippen LogP contribution in [0.4, 0.5) is 30.7 Å². The number of aromatic nitrogens is 2. The van der Waals surface area contributed by atoms with Crippen molar-refractivity contribution in [1.29, 1.82) is 0 Å². The van der Waals surface area contributed by atoms with Crippen LogP contribution in [0.5, 0.6) is 11.5 Å². The summed E-state index contributed by atoms with van der Waals surface area (Å²) in [6.45, 7) is -3.12. The van der Waals surface area contributed by atoms with Gasteiger partial charge in [0.25, 0.3) is 12.3 Å². The van der Waals surface area contributed by atoms with Crippen LogP contribution in [0.25, 0.3) is 22.2 Å². The Morgan fingerprint density at radius 1 is 1.15 bits per heavy atom. The lowest BCUT2D eigenvalue weighted by atomic mass is 9.81. The highest BCUT2D eigenvalue weighted by Gasteiger charge is 2.58. The predicted octanol–water partition coefficient (Wildman–Crippen LogP) is 4.65. The monoisotopic (exact) mass is 666 g/mol. The molecule has 4 N–H and O–H groups in total. The Labute approximate surface area is 261 Å². The van der Waals surface area contributed by atoms with Gasteiger partial charge in [0.2, 0.25) is 11.5 Å². The number of nitrogens with two attached hydrogens (primary N) is 1. The van der Waals surface area contributed by atoms with Gasteiger partial charge in [0, 0.05) is 28.3 Å². The Morgan fingerprint density at radius 3 is 2.47 bits per heavy atom. The molecule has 1 aliphatic heterocycles. The van der Waals surface area contributed by atoms with E-state index in [1.807, 2.05) is 5.32 Å². The lowest BCUT2D eigenvalue weighted by molar-refractivity contribution is -0.265. The lowest BCUT2D eigenvalue weighted by Crippen LogP contribution is -2.52. The van der Waals surface area contributed by atoms with Gasteiger partial charge in [0.15, 0.2) is 0 Å². The molecule has 2 aromatic carbocycles. The Morgan fingerprint density at radius 2 is 1.85 bits per heavy atom. The average Bonchev–Trinajstić information content (AvgIpc) is 3.41. The summed E-state index contributed by atoms with van der Waals surface area (Å²) in [6.07, 6.45) is -7.00. The summed E-state index contributed by atoms with van der Waals surface area (Å²) in [5.74, 6) is -3.68. The van der Waals surface area contributed by atoms with Gasteiger partial charge in [-0.05, 0) is 61.0 Å². The normalized spacial score (nSPS) is 17.2. The molecule has 248 valence electrons. The molecular formula is C31H25F7N4O5. The molecule has 0 spiro atoms. The summed E-state index contributed by atoms with van der Waals surface area (Å²) >= 11 is 0. The van der Waals surface area contributed by atoms with Gasteiger partial charge < -0.3 is 25.6 Å². The number of carbonyl (C=O) groups is 2. The fourth-order valence-corrected chi connectivity index (χ4v) is 5.07. The van der Waals surface area contributed by atoms with E-state index < -0.39 is 78.9 Å². The zero-order valence-electron chi connectivity index (χ0n) is 24.3. The number of amides is 2. The van der Waals surface area contributed by atoms with E-state index in [1.165, 1.54) is 12.3 Å². The molecule has 2 amide bonds. The molecule has 16 heteroatoms. The number of hydrogen-bond donors (Lipinski definition) is 3. The number of benzene rings is 2. The van der Waals surface area contributed by atoms with E-state index in [4.69, 9.17) is 15.2 Å². The molecule has 1 aliphatic rings. The van der Waals surface area contributed by atoms with E-state index in [-0.39, 0.29) is 39.2 Å². The van der Waals surface area contributed by atoms with Gasteiger partial charge in [-0.2, -0.15) is 13.2 Å². The maximum Gasteiger partial charge on any atom is 0.424 e. The first-order valence-electron chi connectivity index (χ1n) is 13.8. The number of pyridine rings is 2. The minimum Gasteiger partial charge on any atom is -0.489 e. The van der Waals surface area contributed by atoms with Crippen molar-refractivity contribution in [2.24, 2.45) is 5.73 Å². The molecule has 0 saturated carbocycles. The number of aryl methyl sites for hydroxylation is 1. The largest absolute Gasteiger partial charge is 0.489 e. The quantitative estimate of drug-likeness (QED) is 0.210. The highest BCUT2D eigenvalue weighted by molar-refractivity contribution is 6.00. The Bertz CT molecular complexity index is 1860. The number of carbonyl (C=O) groups excluding carboxylic acids is 2. The van der Waals surface area contributed by atoms with Crippen molar-refractivity contribution >= 4 is 22.7 Å². The van der Waals surface area contributed by atoms with Crippen LogP contribution in [0.1, 0.15) is 27.2 Å². The van der Waals surface area contributed by atoms with Crippen LogP contribution in [-0.4, -0.2) is 65.9 Å². The minimum absolute atomic E-state index is 0.00594. The maximum absolute atomic E-state index is 14.7. The summed E-state index contributed by atoms with van der Waals surface area (Å²) in [5.41, 5.74) is -2.34. The highest BCUT2D eigenvalue weighted by Crippen LogP contribution is 2.48. The van der Waals surface area contributed by atoms with Gasteiger partial charge in [-0.1, -0.05) is 0 Å². The van der Waals surface area contributed by atoms with Crippen LogP contribution in [0.3, 0.4) is 0 Å². The molecule has 0 aliphatic carbocycles. The maximum atomic E-state index is 14.7.